The molecule has 0 saturated carbocycles. The van der Waals surface area contributed by atoms with Gasteiger partial charge in [-0.15, -0.1) is 0 Å². The van der Waals surface area contributed by atoms with Gasteiger partial charge in [-0.05, 0) is 29.9 Å². The van der Waals surface area contributed by atoms with Crippen molar-refractivity contribution in [1.29, 1.82) is 0 Å². The summed E-state index contributed by atoms with van der Waals surface area (Å²) >= 11 is 0. The highest BCUT2D eigenvalue weighted by atomic mass is 16.1. The summed E-state index contributed by atoms with van der Waals surface area (Å²) in [6.45, 7) is 4.40. The molecule has 3 heteroatoms. The van der Waals surface area contributed by atoms with Gasteiger partial charge in [-0.3, -0.25) is 4.79 Å². The molecule has 1 unspecified atom stereocenters. The molecule has 0 spiro atoms. The van der Waals surface area contributed by atoms with E-state index in [9.17, 15) is 4.79 Å². The summed E-state index contributed by atoms with van der Waals surface area (Å²) in [7, 11) is 0. The summed E-state index contributed by atoms with van der Waals surface area (Å²) in [5, 5.41) is 0. The Morgan fingerprint density at radius 2 is 1.82 bits per heavy atom. The van der Waals surface area contributed by atoms with E-state index < -0.39 is 0 Å². The number of carbonyl (C=O) groups is 1. The molecular weight excluding hydrogens is 212 g/mol. The lowest BCUT2D eigenvalue weighted by Gasteiger charge is -2.12. The molecule has 0 bridgehead atoms. The van der Waals surface area contributed by atoms with E-state index >= 15 is 0 Å². The van der Waals surface area contributed by atoms with Gasteiger partial charge in [0.05, 0.1) is 0 Å². The second kappa shape index (κ2) is 6.40. The van der Waals surface area contributed by atoms with Crippen LogP contribution in [0.5, 0.6) is 0 Å². The van der Waals surface area contributed by atoms with E-state index in [4.69, 9.17) is 11.5 Å². The van der Waals surface area contributed by atoms with E-state index in [0.717, 1.165) is 12.0 Å². The Morgan fingerprint density at radius 3 is 2.29 bits per heavy atom. The Kier molecular flexibility index (Phi) is 5.16. The highest BCUT2D eigenvalue weighted by Gasteiger charge is 2.07. The quantitative estimate of drug-likeness (QED) is 0.791. The minimum atomic E-state index is -0.295. The number of rotatable bonds is 6. The van der Waals surface area contributed by atoms with Gasteiger partial charge in [-0.25, -0.2) is 0 Å². The molecule has 0 radical (unpaired) electrons. The van der Waals surface area contributed by atoms with Crippen LogP contribution < -0.4 is 11.5 Å². The molecule has 0 aliphatic rings. The topological polar surface area (TPSA) is 69.1 Å². The Morgan fingerprint density at radius 1 is 1.24 bits per heavy atom. The lowest BCUT2D eigenvalue weighted by Crippen LogP contribution is -2.16. The summed E-state index contributed by atoms with van der Waals surface area (Å²) in [6.07, 6.45) is 2.03. The fourth-order valence-electron chi connectivity index (χ4n) is 1.84. The molecule has 1 aromatic rings. The van der Waals surface area contributed by atoms with Crippen molar-refractivity contribution in [2.24, 2.45) is 17.4 Å². The normalized spacial score (nSPS) is 12.7. The van der Waals surface area contributed by atoms with E-state index in [0.29, 0.717) is 18.8 Å². The highest BCUT2D eigenvalue weighted by Crippen LogP contribution is 2.17. The maximum Gasteiger partial charge on any atom is 0.217 e. The molecule has 0 heterocycles. The Balaban J connectivity index is 2.57. The Bertz CT molecular complexity index is 357. The average Bonchev–Trinajstić information content (AvgIpc) is 2.26. The maximum atomic E-state index is 10.7. The number of hydrogen-bond acceptors (Lipinski definition) is 2. The van der Waals surface area contributed by atoms with Crippen LogP contribution in [0.2, 0.25) is 0 Å². The Hall–Kier alpha value is -1.35. The molecule has 1 atom stereocenters. The van der Waals surface area contributed by atoms with Crippen LogP contribution in [0.4, 0.5) is 0 Å². The molecule has 0 fully saturated rings. The first-order chi connectivity index (χ1) is 7.99. The van der Waals surface area contributed by atoms with Gasteiger partial charge >= 0.3 is 0 Å². The maximum absolute atomic E-state index is 10.7. The number of hydrogen-bond donors (Lipinski definition) is 2. The van der Waals surface area contributed by atoms with Crippen LogP contribution in [0.15, 0.2) is 24.3 Å². The van der Waals surface area contributed by atoms with Crippen molar-refractivity contribution in [1.82, 2.24) is 0 Å². The molecule has 1 aromatic carbocycles. The van der Waals surface area contributed by atoms with Gasteiger partial charge in [0.2, 0.25) is 5.91 Å². The first kappa shape index (κ1) is 13.7. The molecule has 0 saturated heterocycles. The Labute approximate surface area is 103 Å². The van der Waals surface area contributed by atoms with Gasteiger partial charge in [-0.2, -0.15) is 0 Å². The van der Waals surface area contributed by atoms with Crippen molar-refractivity contribution in [3.05, 3.63) is 35.4 Å². The third kappa shape index (κ3) is 5.00. The second-order valence-electron chi connectivity index (χ2n) is 4.95. The van der Waals surface area contributed by atoms with Crippen LogP contribution in [-0.2, 0) is 11.2 Å². The highest BCUT2D eigenvalue weighted by molar-refractivity contribution is 5.73. The summed E-state index contributed by atoms with van der Waals surface area (Å²) in [5.74, 6) is 0.362. The zero-order valence-corrected chi connectivity index (χ0v) is 10.6. The smallest absolute Gasteiger partial charge is 0.217 e. The van der Waals surface area contributed by atoms with Gasteiger partial charge in [0, 0.05) is 12.5 Å². The van der Waals surface area contributed by atoms with E-state index in [1.807, 2.05) is 12.1 Å². The van der Waals surface area contributed by atoms with Gasteiger partial charge in [0.1, 0.15) is 0 Å². The molecule has 3 nitrogen and oxygen atoms in total. The number of primary amides is 1. The standard InChI is InChI=1S/C14H22N2O/c1-10(2)9-11-3-5-12(6-4-11)13(15)7-8-14(16)17/h3-6,10,13H,7-9,15H2,1-2H3,(H2,16,17). The van der Waals surface area contributed by atoms with E-state index in [1.54, 1.807) is 0 Å². The number of benzene rings is 1. The summed E-state index contributed by atoms with van der Waals surface area (Å²) in [5.41, 5.74) is 13.5. The minimum Gasteiger partial charge on any atom is -0.370 e. The predicted molar refractivity (Wildman–Crippen MR) is 70.3 cm³/mol. The molecule has 1 rings (SSSR count). The molecule has 0 aliphatic heterocycles. The molecular formula is C14H22N2O. The zero-order chi connectivity index (χ0) is 12.8. The molecule has 94 valence electrons. The zero-order valence-electron chi connectivity index (χ0n) is 10.6. The fourth-order valence-corrected chi connectivity index (χ4v) is 1.84. The van der Waals surface area contributed by atoms with Crippen LogP contribution in [0.1, 0.15) is 43.9 Å². The molecule has 17 heavy (non-hydrogen) atoms. The minimum absolute atomic E-state index is 0.101. The second-order valence-corrected chi connectivity index (χ2v) is 4.95. The van der Waals surface area contributed by atoms with Crippen LogP contribution >= 0.6 is 0 Å². The van der Waals surface area contributed by atoms with Crippen molar-refractivity contribution in [3.63, 3.8) is 0 Å². The lowest BCUT2D eigenvalue weighted by molar-refractivity contribution is -0.118. The van der Waals surface area contributed by atoms with Gasteiger partial charge in [0.15, 0.2) is 0 Å². The summed E-state index contributed by atoms with van der Waals surface area (Å²) in [4.78, 5) is 10.7. The van der Waals surface area contributed by atoms with Crippen LogP contribution in [-0.4, -0.2) is 5.91 Å². The lowest BCUT2D eigenvalue weighted by atomic mass is 9.98. The molecule has 1 amide bonds. The van der Waals surface area contributed by atoms with Gasteiger partial charge < -0.3 is 11.5 Å². The monoisotopic (exact) mass is 234 g/mol. The first-order valence-corrected chi connectivity index (χ1v) is 6.11. The van der Waals surface area contributed by atoms with Crippen LogP contribution in [0.3, 0.4) is 0 Å². The summed E-state index contributed by atoms with van der Waals surface area (Å²) in [6, 6.07) is 8.21. The third-order valence-electron chi connectivity index (χ3n) is 2.75. The SMILES string of the molecule is CC(C)Cc1ccc(C(N)CCC(N)=O)cc1. The van der Waals surface area contributed by atoms with Crippen molar-refractivity contribution < 1.29 is 4.79 Å². The number of amides is 1. The average molecular weight is 234 g/mol. The number of nitrogens with two attached hydrogens (primary N) is 2. The van der Waals surface area contributed by atoms with Gasteiger partial charge in [0.25, 0.3) is 0 Å². The largest absolute Gasteiger partial charge is 0.370 e. The number of carbonyl (C=O) groups excluding carboxylic acids is 1. The van der Waals surface area contributed by atoms with Crippen molar-refractivity contribution >= 4 is 5.91 Å². The van der Waals surface area contributed by atoms with E-state index in [2.05, 4.69) is 26.0 Å². The predicted octanol–water partition coefficient (Wildman–Crippen LogP) is 2.15. The van der Waals surface area contributed by atoms with Crippen LogP contribution in [0.25, 0.3) is 0 Å². The van der Waals surface area contributed by atoms with E-state index in [-0.39, 0.29) is 11.9 Å². The van der Waals surface area contributed by atoms with Crippen LogP contribution in [0, 0.1) is 5.92 Å². The third-order valence-corrected chi connectivity index (χ3v) is 2.75. The van der Waals surface area contributed by atoms with Gasteiger partial charge in [-0.1, -0.05) is 38.1 Å². The first-order valence-electron chi connectivity index (χ1n) is 6.11. The van der Waals surface area contributed by atoms with Crippen molar-refractivity contribution in [2.45, 2.75) is 39.2 Å². The van der Waals surface area contributed by atoms with E-state index in [1.165, 1.54) is 5.56 Å². The summed E-state index contributed by atoms with van der Waals surface area (Å²) < 4.78 is 0. The van der Waals surface area contributed by atoms with Crippen molar-refractivity contribution in [2.75, 3.05) is 0 Å². The molecule has 4 N–H and O–H groups in total. The van der Waals surface area contributed by atoms with Crippen molar-refractivity contribution in [3.8, 4) is 0 Å². The fraction of sp³-hybridized carbons (Fsp3) is 0.500. The molecule has 0 aromatic heterocycles. The molecule has 0 aliphatic carbocycles.